The van der Waals surface area contributed by atoms with Crippen molar-refractivity contribution in [3.63, 3.8) is 0 Å². The lowest BCUT2D eigenvalue weighted by Crippen LogP contribution is -1.72. The molecule has 0 bridgehead atoms. The molecule has 0 amide bonds. The van der Waals surface area contributed by atoms with Crippen LogP contribution in [0.3, 0.4) is 0 Å². The van der Waals surface area contributed by atoms with Crippen molar-refractivity contribution in [1.82, 2.24) is 0 Å². The molecule has 0 radical (unpaired) electrons. The van der Waals surface area contributed by atoms with Crippen LogP contribution in [-0.4, -0.2) is 0 Å². The Bertz CT molecular complexity index is 120. The molecule has 0 nitrogen and oxygen atoms in total. The van der Waals surface area contributed by atoms with E-state index in [0.29, 0.717) is 0 Å². The van der Waals surface area contributed by atoms with Crippen LogP contribution in [0.25, 0.3) is 0 Å². The molecule has 11 heavy (non-hydrogen) atoms. The third-order valence-electron chi connectivity index (χ3n) is 1.63. The molecular weight excluding hydrogens is 132 g/mol. The van der Waals surface area contributed by atoms with Crippen LogP contribution in [0.15, 0.2) is 24.3 Å². The fourth-order valence-electron chi connectivity index (χ4n) is 0.887. The van der Waals surface area contributed by atoms with E-state index in [-0.39, 0.29) is 0 Å². The Morgan fingerprint density at radius 3 is 2.45 bits per heavy atom. The predicted octanol–water partition coefficient (Wildman–Crippen LogP) is 4.09. The van der Waals surface area contributed by atoms with E-state index in [4.69, 9.17) is 0 Å². The third kappa shape index (κ3) is 9.48. The molecule has 0 heterocycles. The third-order valence-corrected chi connectivity index (χ3v) is 1.63. The van der Waals surface area contributed by atoms with Crippen LogP contribution < -0.4 is 0 Å². The van der Waals surface area contributed by atoms with Gasteiger partial charge in [-0.05, 0) is 26.2 Å². The fourth-order valence-corrected chi connectivity index (χ4v) is 0.887. The molecule has 0 atom stereocenters. The second-order valence-electron chi connectivity index (χ2n) is 3.11. The van der Waals surface area contributed by atoms with Crippen molar-refractivity contribution in [3.8, 4) is 0 Å². The molecule has 0 saturated carbocycles. The van der Waals surface area contributed by atoms with Crippen LogP contribution in [0.1, 0.15) is 46.0 Å². The van der Waals surface area contributed by atoms with Gasteiger partial charge in [0.25, 0.3) is 0 Å². The molecule has 64 valence electrons. The van der Waals surface area contributed by atoms with E-state index in [1.54, 1.807) is 0 Å². The van der Waals surface area contributed by atoms with E-state index in [2.05, 4.69) is 32.6 Å². The van der Waals surface area contributed by atoms with Crippen molar-refractivity contribution in [2.75, 3.05) is 0 Å². The summed E-state index contributed by atoms with van der Waals surface area (Å²) in [5.74, 6) is 0. The maximum absolute atomic E-state index is 3.86. The van der Waals surface area contributed by atoms with Gasteiger partial charge in [0.15, 0.2) is 0 Å². The lowest BCUT2D eigenvalue weighted by atomic mass is 10.1. The van der Waals surface area contributed by atoms with Crippen molar-refractivity contribution in [2.24, 2.45) is 0 Å². The summed E-state index contributed by atoms with van der Waals surface area (Å²) in [5.41, 5.74) is 1.28. The molecule has 0 aromatic heterocycles. The van der Waals surface area contributed by atoms with Gasteiger partial charge in [0.05, 0.1) is 0 Å². The Morgan fingerprint density at radius 1 is 1.27 bits per heavy atom. The van der Waals surface area contributed by atoms with Crippen molar-refractivity contribution in [3.05, 3.63) is 24.3 Å². The van der Waals surface area contributed by atoms with E-state index < -0.39 is 0 Å². The van der Waals surface area contributed by atoms with Crippen LogP contribution in [0, 0.1) is 0 Å². The Labute approximate surface area is 71.0 Å². The van der Waals surface area contributed by atoms with Crippen LogP contribution >= 0.6 is 0 Å². The van der Waals surface area contributed by atoms with Crippen LogP contribution in [-0.2, 0) is 0 Å². The zero-order valence-electron chi connectivity index (χ0n) is 7.90. The van der Waals surface area contributed by atoms with Gasteiger partial charge < -0.3 is 0 Å². The van der Waals surface area contributed by atoms with Crippen molar-refractivity contribution < 1.29 is 0 Å². The molecular formula is C11H20. The first kappa shape index (κ1) is 10.5. The minimum atomic E-state index is 1.14. The first-order valence-corrected chi connectivity index (χ1v) is 4.56. The highest BCUT2D eigenvalue weighted by molar-refractivity contribution is 4.92. The van der Waals surface area contributed by atoms with E-state index >= 15 is 0 Å². The number of hydrogen-bond acceptors (Lipinski definition) is 0. The predicted molar refractivity (Wildman–Crippen MR) is 52.7 cm³/mol. The number of rotatable bonds is 6. The van der Waals surface area contributed by atoms with Gasteiger partial charge in [0.1, 0.15) is 0 Å². The van der Waals surface area contributed by atoms with Crippen LogP contribution in [0.4, 0.5) is 0 Å². The van der Waals surface area contributed by atoms with E-state index in [1.165, 1.54) is 31.3 Å². The van der Waals surface area contributed by atoms with Crippen LogP contribution in [0.2, 0.25) is 0 Å². The van der Waals surface area contributed by atoms with Gasteiger partial charge in [-0.2, -0.15) is 0 Å². The molecule has 0 aliphatic heterocycles. The first-order valence-electron chi connectivity index (χ1n) is 4.56. The zero-order valence-corrected chi connectivity index (χ0v) is 7.90. The molecule has 0 N–H and O–H groups in total. The number of unbranched alkanes of at least 4 members (excludes halogenated alkanes) is 2. The normalized spacial score (nSPS) is 10.7. The Balaban J connectivity index is 3.10. The summed E-state index contributed by atoms with van der Waals surface area (Å²) in [6.07, 6.45) is 10.7. The fraction of sp³-hybridized carbons (Fsp3) is 0.636. The van der Waals surface area contributed by atoms with Gasteiger partial charge in [-0.3, -0.25) is 0 Å². The van der Waals surface area contributed by atoms with Crippen molar-refractivity contribution in [1.29, 1.82) is 0 Å². The SMILES string of the molecule is C=C(C)CCC=CCCCC. The molecule has 0 heteroatoms. The molecule has 0 unspecified atom stereocenters. The highest BCUT2D eigenvalue weighted by Crippen LogP contribution is 2.02. The number of hydrogen-bond donors (Lipinski definition) is 0. The second-order valence-corrected chi connectivity index (χ2v) is 3.11. The lowest BCUT2D eigenvalue weighted by Gasteiger charge is -1.92. The summed E-state index contributed by atoms with van der Waals surface area (Å²) in [5, 5.41) is 0. The Hall–Kier alpha value is -0.520. The zero-order chi connectivity index (χ0) is 8.53. The molecule has 0 aromatic rings. The minimum Gasteiger partial charge on any atom is -0.100 e. The monoisotopic (exact) mass is 152 g/mol. The summed E-state index contributed by atoms with van der Waals surface area (Å²) >= 11 is 0. The number of allylic oxidation sites excluding steroid dienone is 3. The average molecular weight is 152 g/mol. The molecule has 0 aromatic carbocycles. The minimum absolute atomic E-state index is 1.14. The van der Waals surface area contributed by atoms with Gasteiger partial charge in [0.2, 0.25) is 0 Å². The van der Waals surface area contributed by atoms with E-state index in [9.17, 15) is 0 Å². The summed E-state index contributed by atoms with van der Waals surface area (Å²) in [6.45, 7) is 8.16. The van der Waals surface area contributed by atoms with Gasteiger partial charge >= 0.3 is 0 Å². The average Bonchev–Trinajstić information content (AvgIpc) is 1.96. The largest absolute Gasteiger partial charge is 0.100 e. The summed E-state index contributed by atoms with van der Waals surface area (Å²) in [6, 6.07) is 0. The van der Waals surface area contributed by atoms with Crippen LogP contribution in [0.5, 0.6) is 0 Å². The molecule has 0 saturated heterocycles. The highest BCUT2D eigenvalue weighted by Gasteiger charge is 1.82. The van der Waals surface area contributed by atoms with Gasteiger partial charge in [-0.1, -0.05) is 37.5 Å². The molecule has 0 spiro atoms. The van der Waals surface area contributed by atoms with E-state index in [0.717, 1.165) is 6.42 Å². The lowest BCUT2D eigenvalue weighted by molar-refractivity contribution is 0.811. The summed E-state index contributed by atoms with van der Waals surface area (Å²) in [4.78, 5) is 0. The van der Waals surface area contributed by atoms with Crippen molar-refractivity contribution in [2.45, 2.75) is 46.0 Å². The molecule has 0 fully saturated rings. The summed E-state index contributed by atoms with van der Waals surface area (Å²) < 4.78 is 0. The maximum Gasteiger partial charge on any atom is -0.0291 e. The topological polar surface area (TPSA) is 0 Å². The maximum atomic E-state index is 3.86. The molecule has 0 rings (SSSR count). The smallest absolute Gasteiger partial charge is 0.0291 e. The Kier molecular flexibility index (Phi) is 7.23. The standard InChI is InChI=1S/C11H20/c1-4-5-6-7-8-9-10-11(2)3/h7-8H,2,4-6,9-10H2,1,3H3. The van der Waals surface area contributed by atoms with Gasteiger partial charge in [-0.15, -0.1) is 6.58 Å². The van der Waals surface area contributed by atoms with Gasteiger partial charge in [-0.25, -0.2) is 0 Å². The summed E-state index contributed by atoms with van der Waals surface area (Å²) in [7, 11) is 0. The highest BCUT2D eigenvalue weighted by atomic mass is 13.9. The Morgan fingerprint density at radius 2 is 1.91 bits per heavy atom. The second kappa shape index (κ2) is 7.59. The molecule has 0 aliphatic rings. The van der Waals surface area contributed by atoms with Gasteiger partial charge in [0, 0.05) is 0 Å². The molecule has 0 aliphatic carbocycles. The van der Waals surface area contributed by atoms with E-state index in [1.807, 2.05) is 0 Å². The van der Waals surface area contributed by atoms with Crippen molar-refractivity contribution >= 4 is 0 Å². The first-order chi connectivity index (χ1) is 5.27. The quantitative estimate of drug-likeness (QED) is 0.397.